The summed E-state index contributed by atoms with van der Waals surface area (Å²) in [7, 11) is -2.25. The minimum absolute atomic E-state index is 0.0759. The Morgan fingerprint density at radius 2 is 2.16 bits per heavy atom. The van der Waals surface area contributed by atoms with Crippen LogP contribution in [0, 0.1) is 18.3 Å². The molecular formula is C16H17N5O3S. The number of aromatic nitrogens is 2. The lowest BCUT2D eigenvalue weighted by molar-refractivity contribution is 0.0816. The Morgan fingerprint density at radius 1 is 1.40 bits per heavy atom. The van der Waals surface area contributed by atoms with Crippen molar-refractivity contribution in [2.24, 2.45) is 0 Å². The van der Waals surface area contributed by atoms with Gasteiger partial charge in [-0.3, -0.25) is 14.2 Å². The highest BCUT2D eigenvalue weighted by Gasteiger charge is 2.31. The largest absolute Gasteiger partial charge is 0.337 e. The van der Waals surface area contributed by atoms with Gasteiger partial charge in [0.05, 0.1) is 23.9 Å². The monoisotopic (exact) mass is 359 g/mol. The molecule has 0 saturated carbocycles. The first-order chi connectivity index (χ1) is 11.8. The van der Waals surface area contributed by atoms with Gasteiger partial charge in [0, 0.05) is 36.5 Å². The van der Waals surface area contributed by atoms with Gasteiger partial charge in [0.2, 0.25) is 0 Å². The number of benzene rings is 1. The van der Waals surface area contributed by atoms with Gasteiger partial charge in [-0.15, -0.1) is 0 Å². The average Bonchev–Trinajstić information content (AvgIpc) is 3.04. The number of carbonyl (C=O) groups excluding carboxylic acids is 1. The highest BCUT2D eigenvalue weighted by Crippen LogP contribution is 2.29. The second kappa shape index (κ2) is 6.22. The van der Waals surface area contributed by atoms with E-state index >= 15 is 0 Å². The fourth-order valence-corrected chi connectivity index (χ4v) is 4.07. The number of rotatable bonds is 5. The van der Waals surface area contributed by atoms with Gasteiger partial charge in [0.1, 0.15) is 0 Å². The maximum Gasteiger partial charge on any atom is 0.263 e. The van der Waals surface area contributed by atoms with Crippen LogP contribution in [0.4, 0.5) is 5.82 Å². The summed E-state index contributed by atoms with van der Waals surface area (Å²) in [5, 5.41) is 12.8. The maximum absolute atomic E-state index is 12.8. The average molecular weight is 359 g/mol. The first-order valence-electron chi connectivity index (χ1n) is 7.65. The summed E-state index contributed by atoms with van der Waals surface area (Å²) in [4.78, 5) is 13.6. The van der Waals surface area contributed by atoms with Gasteiger partial charge >= 0.3 is 0 Å². The molecule has 0 unspecified atom stereocenters. The first kappa shape index (κ1) is 17.0. The number of fused-ring (bicyclic) bond motifs is 1. The molecule has 0 fully saturated rings. The third kappa shape index (κ3) is 3.08. The van der Waals surface area contributed by atoms with E-state index < -0.39 is 10.0 Å². The standard InChI is InChI=1S/C16H17N5O3S/c1-11-9-15(18-21(11)8-4-7-17)19-25(23,24)14-6-3-5-12-13(14)10-20(2)16(12)22/h3,5-6,9H,4,8,10H2,1-2H3,(H,18,19). The zero-order chi connectivity index (χ0) is 18.2. The van der Waals surface area contributed by atoms with E-state index in [1.165, 1.54) is 11.0 Å². The number of hydrogen-bond acceptors (Lipinski definition) is 5. The van der Waals surface area contributed by atoms with Gasteiger partial charge in [-0.05, 0) is 19.1 Å². The molecule has 130 valence electrons. The second-order valence-electron chi connectivity index (χ2n) is 5.85. The summed E-state index contributed by atoms with van der Waals surface area (Å²) in [6.45, 7) is 2.43. The van der Waals surface area contributed by atoms with Crippen LogP contribution in [0.25, 0.3) is 0 Å². The fraction of sp³-hybridized carbons (Fsp3) is 0.312. The minimum Gasteiger partial charge on any atom is -0.337 e. The van der Waals surface area contributed by atoms with Gasteiger partial charge in [0.15, 0.2) is 5.82 Å². The summed E-state index contributed by atoms with van der Waals surface area (Å²) in [6.07, 6.45) is 0.287. The van der Waals surface area contributed by atoms with Crippen LogP contribution < -0.4 is 4.72 Å². The minimum atomic E-state index is -3.88. The molecule has 1 aliphatic rings. The fourth-order valence-electron chi connectivity index (χ4n) is 2.83. The van der Waals surface area contributed by atoms with Crippen LogP contribution in [-0.2, 0) is 23.1 Å². The normalized spacial score (nSPS) is 13.6. The van der Waals surface area contributed by atoms with Crippen molar-refractivity contribution in [1.82, 2.24) is 14.7 Å². The number of nitrogens with one attached hydrogen (secondary N) is 1. The number of nitrogens with zero attached hydrogens (tertiary/aromatic N) is 4. The molecule has 0 atom stereocenters. The summed E-state index contributed by atoms with van der Waals surface area (Å²) in [5.74, 6) is -0.00519. The van der Waals surface area contributed by atoms with Gasteiger partial charge < -0.3 is 4.90 Å². The molecule has 3 rings (SSSR count). The summed E-state index contributed by atoms with van der Waals surface area (Å²) in [6, 6.07) is 8.30. The van der Waals surface area contributed by atoms with Crippen LogP contribution in [0.5, 0.6) is 0 Å². The molecule has 1 aromatic carbocycles. The lowest BCUT2D eigenvalue weighted by Gasteiger charge is -2.09. The van der Waals surface area contributed by atoms with Crippen molar-refractivity contribution < 1.29 is 13.2 Å². The number of anilines is 1. The number of nitriles is 1. The Morgan fingerprint density at radius 3 is 2.88 bits per heavy atom. The van der Waals surface area contributed by atoms with Crippen molar-refractivity contribution in [3.63, 3.8) is 0 Å². The molecule has 0 radical (unpaired) electrons. The molecular weight excluding hydrogens is 342 g/mol. The first-order valence-corrected chi connectivity index (χ1v) is 9.13. The summed E-state index contributed by atoms with van der Waals surface area (Å²) >= 11 is 0. The van der Waals surface area contributed by atoms with Crippen LogP contribution in [0.3, 0.4) is 0 Å². The van der Waals surface area contributed by atoms with E-state index in [0.717, 1.165) is 5.69 Å². The third-order valence-corrected chi connectivity index (χ3v) is 5.49. The molecule has 8 nitrogen and oxygen atoms in total. The molecule has 1 amide bonds. The van der Waals surface area contributed by atoms with E-state index in [0.29, 0.717) is 17.7 Å². The Balaban J connectivity index is 1.92. The van der Waals surface area contributed by atoms with E-state index in [2.05, 4.69) is 9.82 Å². The quantitative estimate of drug-likeness (QED) is 0.870. The van der Waals surface area contributed by atoms with Crippen LogP contribution in [0.15, 0.2) is 29.2 Å². The molecule has 0 saturated heterocycles. The lowest BCUT2D eigenvalue weighted by atomic mass is 10.1. The SMILES string of the molecule is Cc1cc(NS(=O)(=O)c2cccc3c2CN(C)C3=O)nn1CCC#N. The topological polar surface area (TPSA) is 108 Å². The van der Waals surface area contributed by atoms with Crippen LogP contribution in [-0.4, -0.2) is 36.1 Å². The van der Waals surface area contributed by atoms with E-state index in [1.54, 1.807) is 36.9 Å². The molecule has 1 aliphatic heterocycles. The molecule has 9 heteroatoms. The van der Waals surface area contributed by atoms with Gasteiger partial charge in [-0.1, -0.05) is 6.07 Å². The van der Waals surface area contributed by atoms with Gasteiger partial charge in [-0.2, -0.15) is 10.4 Å². The van der Waals surface area contributed by atoms with E-state index in [1.807, 2.05) is 6.07 Å². The highest BCUT2D eigenvalue weighted by molar-refractivity contribution is 7.92. The third-order valence-electron chi connectivity index (χ3n) is 4.05. The van der Waals surface area contributed by atoms with Crippen molar-refractivity contribution in [1.29, 1.82) is 5.26 Å². The van der Waals surface area contributed by atoms with Crippen molar-refractivity contribution in [3.8, 4) is 6.07 Å². The Labute approximate surface area is 145 Å². The molecule has 2 heterocycles. The number of aryl methyl sites for hydroxylation is 2. The summed E-state index contributed by atoms with van der Waals surface area (Å²) < 4.78 is 29.6. The highest BCUT2D eigenvalue weighted by atomic mass is 32.2. The zero-order valence-electron chi connectivity index (χ0n) is 13.9. The van der Waals surface area contributed by atoms with Crippen LogP contribution in [0.1, 0.15) is 28.0 Å². The molecule has 0 bridgehead atoms. The molecule has 2 aromatic rings. The van der Waals surface area contributed by atoms with Crippen molar-refractivity contribution in [2.75, 3.05) is 11.8 Å². The molecule has 1 N–H and O–H groups in total. The number of sulfonamides is 1. The predicted octanol–water partition coefficient (Wildman–Crippen LogP) is 1.49. The molecule has 0 aliphatic carbocycles. The predicted molar refractivity (Wildman–Crippen MR) is 90.2 cm³/mol. The Bertz CT molecular complexity index is 988. The maximum atomic E-state index is 12.8. The molecule has 25 heavy (non-hydrogen) atoms. The van der Waals surface area contributed by atoms with Crippen molar-refractivity contribution in [2.45, 2.75) is 31.3 Å². The number of amides is 1. The Hall–Kier alpha value is -2.86. The van der Waals surface area contributed by atoms with E-state index in [9.17, 15) is 13.2 Å². The van der Waals surface area contributed by atoms with Crippen LogP contribution in [0.2, 0.25) is 0 Å². The van der Waals surface area contributed by atoms with E-state index in [4.69, 9.17) is 5.26 Å². The molecule has 1 aromatic heterocycles. The number of hydrogen-bond donors (Lipinski definition) is 1. The summed E-state index contributed by atoms with van der Waals surface area (Å²) in [5.41, 5.74) is 1.64. The van der Waals surface area contributed by atoms with Gasteiger partial charge in [-0.25, -0.2) is 8.42 Å². The van der Waals surface area contributed by atoms with Crippen LogP contribution >= 0.6 is 0 Å². The lowest BCUT2D eigenvalue weighted by Crippen LogP contribution is -2.18. The Kier molecular flexibility index (Phi) is 4.22. The number of carbonyl (C=O) groups is 1. The van der Waals surface area contributed by atoms with Crippen molar-refractivity contribution >= 4 is 21.7 Å². The van der Waals surface area contributed by atoms with Crippen molar-refractivity contribution in [3.05, 3.63) is 41.1 Å². The van der Waals surface area contributed by atoms with Gasteiger partial charge in [0.25, 0.3) is 15.9 Å². The smallest absolute Gasteiger partial charge is 0.263 e. The molecule has 0 spiro atoms. The zero-order valence-corrected chi connectivity index (χ0v) is 14.7. The second-order valence-corrected chi connectivity index (χ2v) is 7.50. The van der Waals surface area contributed by atoms with E-state index in [-0.39, 0.29) is 29.6 Å².